The molecule has 0 saturated heterocycles. The van der Waals surface area contributed by atoms with Crippen LogP contribution in [-0.2, 0) is 3.02 Å². The Balaban J connectivity index is 2.85. The van der Waals surface area contributed by atoms with Crippen molar-refractivity contribution in [3.8, 4) is 0 Å². The quantitative estimate of drug-likeness (QED) is 0.527. The van der Waals surface area contributed by atoms with Gasteiger partial charge in [-0.1, -0.05) is 0 Å². The van der Waals surface area contributed by atoms with Gasteiger partial charge in [0.25, 0.3) is 0 Å². The summed E-state index contributed by atoms with van der Waals surface area (Å²) in [6.07, 6.45) is -1.22. The topological polar surface area (TPSA) is 46.5 Å². The van der Waals surface area contributed by atoms with Gasteiger partial charge in [0.15, 0.2) is 0 Å². The minimum absolute atomic E-state index is 0.802. The molecular formula is CHO3Sb. The van der Waals surface area contributed by atoms with Gasteiger partial charge in [0.1, 0.15) is 0 Å². The van der Waals surface area contributed by atoms with Crippen molar-refractivity contribution in [2.45, 2.75) is 0 Å². The molecule has 4 heteroatoms. The first-order valence-corrected chi connectivity index (χ1v) is 1.86. The number of hydrogen-bond acceptors (Lipinski definition) is 2. The second-order valence-corrected chi connectivity index (χ2v) is 0.878. The first-order valence-electron chi connectivity index (χ1n) is 0.814. The average Bonchev–Trinajstić information content (AvgIpc) is 1.38. The van der Waals surface area contributed by atoms with Gasteiger partial charge in [-0.3, -0.25) is 0 Å². The molecular weight excluding hydrogens is 182 g/mol. The summed E-state index contributed by atoms with van der Waals surface area (Å²) in [5.41, 5.74) is 0. The molecule has 1 N–H and O–H groups in total. The first kappa shape index (κ1) is 5.09. The maximum atomic E-state index is 9.16. The molecule has 0 aliphatic carbocycles. The van der Waals surface area contributed by atoms with Gasteiger partial charge in [0.2, 0.25) is 0 Å². The summed E-state index contributed by atoms with van der Waals surface area (Å²) in [6.45, 7) is 0. The minimum atomic E-state index is -1.22. The predicted octanol–water partition coefficient (Wildman–Crippen LogP) is -0.236. The summed E-state index contributed by atoms with van der Waals surface area (Å²) in [5, 5.41) is 7.51. The monoisotopic (exact) mass is 182 g/mol. The van der Waals surface area contributed by atoms with Crippen LogP contribution in [0.1, 0.15) is 0 Å². The van der Waals surface area contributed by atoms with Crippen molar-refractivity contribution >= 4 is 29.6 Å². The molecule has 2 radical (unpaired) electrons. The molecule has 0 spiro atoms. The third-order valence-electron chi connectivity index (χ3n) is 0.0781. The normalized spacial score (nSPS) is 6.60. The molecule has 5 heavy (non-hydrogen) atoms. The van der Waals surface area contributed by atoms with Gasteiger partial charge in [-0.2, -0.15) is 0 Å². The van der Waals surface area contributed by atoms with E-state index in [1.165, 1.54) is 0 Å². The number of carbonyl (C=O) groups is 1. The van der Waals surface area contributed by atoms with Crippen molar-refractivity contribution < 1.29 is 12.9 Å². The van der Waals surface area contributed by atoms with Crippen LogP contribution in [0, 0.1) is 0 Å². The van der Waals surface area contributed by atoms with E-state index in [4.69, 9.17) is 9.90 Å². The van der Waals surface area contributed by atoms with Gasteiger partial charge in [0.05, 0.1) is 0 Å². The molecule has 0 aromatic rings. The third kappa shape index (κ3) is 4.09. The van der Waals surface area contributed by atoms with Crippen molar-refractivity contribution in [2.75, 3.05) is 0 Å². The number of hydrogen-bond donors (Lipinski definition) is 1. The van der Waals surface area contributed by atoms with Crippen LogP contribution < -0.4 is 0 Å². The van der Waals surface area contributed by atoms with Crippen molar-refractivity contribution in [3.63, 3.8) is 0 Å². The second-order valence-electron chi connectivity index (χ2n) is 0.357. The van der Waals surface area contributed by atoms with E-state index in [2.05, 4.69) is 3.02 Å². The zero-order valence-corrected chi connectivity index (χ0v) is 4.76. The van der Waals surface area contributed by atoms with Crippen LogP contribution in [0.25, 0.3) is 0 Å². The van der Waals surface area contributed by atoms with Gasteiger partial charge < -0.3 is 0 Å². The molecule has 0 aromatic carbocycles. The average molecular weight is 183 g/mol. The van der Waals surface area contributed by atoms with E-state index in [0.717, 1.165) is 23.4 Å². The van der Waals surface area contributed by atoms with Gasteiger partial charge in [-0.25, -0.2) is 0 Å². The Hall–Kier alpha value is 0.0882. The van der Waals surface area contributed by atoms with Gasteiger partial charge in [-0.05, 0) is 0 Å². The van der Waals surface area contributed by atoms with E-state index in [1.807, 2.05) is 0 Å². The molecule has 3 nitrogen and oxygen atoms in total. The van der Waals surface area contributed by atoms with Crippen LogP contribution in [0.2, 0.25) is 0 Å². The molecule has 0 rings (SSSR count). The SMILES string of the molecule is O=C(O)[O][Sb]. The summed E-state index contributed by atoms with van der Waals surface area (Å²) < 4.78 is 3.72. The van der Waals surface area contributed by atoms with Crippen molar-refractivity contribution in [1.29, 1.82) is 0 Å². The van der Waals surface area contributed by atoms with E-state index >= 15 is 0 Å². The Kier molecular flexibility index (Phi) is 2.37. The zero-order chi connectivity index (χ0) is 4.28. The fraction of sp³-hybridized carbons (Fsp3) is 0. The Morgan fingerprint density at radius 3 is 2.20 bits per heavy atom. The Labute approximate surface area is 43.0 Å². The standard InChI is InChI=1S/CH2O3.Sb/c2-1(3)4;/h(H2,2,3,4);/q;+1/p-1. The van der Waals surface area contributed by atoms with Crippen LogP contribution in [-0.4, -0.2) is 34.7 Å². The van der Waals surface area contributed by atoms with Crippen LogP contribution >= 0.6 is 0 Å². The molecule has 0 saturated carbocycles. The Morgan fingerprint density at radius 1 is 2.00 bits per heavy atom. The summed E-state index contributed by atoms with van der Waals surface area (Å²) in [5.74, 6) is 0. The van der Waals surface area contributed by atoms with Gasteiger partial charge >= 0.3 is 42.5 Å². The van der Waals surface area contributed by atoms with E-state index in [9.17, 15) is 0 Å². The molecule has 0 aliphatic rings. The van der Waals surface area contributed by atoms with Crippen molar-refractivity contribution in [1.82, 2.24) is 0 Å². The zero-order valence-electron chi connectivity index (χ0n) is 2.21. The number of rotatable bonds is 0. The molecule has 0 atom stereocenters. The van der Waals surface area contributed by atoms with Crippen LogP contribution in [0.3, 0.4) is 0 Å². The molecule has 0 heterocycles. The summed E-state index contributed by atoms with van der Waals surface area (Å²) in [6, 6.07) is 0. The summed E-state index contributed by atoms with van der Waals surface area (Å²) in [4.78, 5) is 9.16. The third-order valence-corrected chi connectivity index (χ3v) is 0.524. The fourth-order valence-corrected chi connectivity index (χ4v) is 0. The van der Waals surface area contributed by atoms with E-state index < -0.39 is 6.16 Å². The predicted molar refractivity (Wildman–Crippen MR) is 14.9 cm³/mol. The summed E-state index contributed by atoms with van der Waals surface area (Å²) >= 11 is 0.802. The molecule has 0 unspecified atom stereocenters. The maximum absolute atomic E-state index is 9.16. The second kappa shape index (κ2) is 2.33. The first-order chi connectivity index (χ1) is 2.27. The van der Waals surface area contributed by atoms with Gasteiger partial charge in [-0.15, -0.1) is 0 Å². The molecule has 0 aromatic heterocycles. The van der Waals surface area contributed by atoms with Crippen molar-refractivity contribution in [3.05, 3.63) is 0 Å². The fourth-order valence-electron chi connectivity index (χ4n) is 0. The molecule has 0 fully saturated rings. The Bertz CT molecular complexity index is 42.2. The molecule has 0 bridgehead atoms. The van der Waals surface area contributed by atoms with E-state index in [1.54, 1.807) is 0 Å². The van der Waals surface area contributed by atoms with Gasteiger partial charge in [0, 0.05) is 0 Å². The van der Waals surface area contributed by atoms with E-state index in [0.29, 0.717) is 0 Å². The molecule has 28 valence electrons. The molecule has 0 aliphatic heterocycles. The summed E-state index contributed by atoms with van der Waals surface area (Å²) in [7, 11) is 0. The van der Waals surface area contributed by atoms with E-state index in [-0.39, 0.29) is 0 Å². The Morgan fingerprint density at radius 2 is 2.20 bits per heavy atom. The van der Waals surface area contributed by atoms with Crippen LogP contribution in [0.5, 0.6) is 0 Å². The van der Waals surface area contributed by atoms with Crippen LogP contribution in [0.15, 0.2) is 0 Å². The van der Waals surface area contributed by atoms with Crippen molar-refractivity contribution in [2.24, 2.45) is 0 Å². The molecule has 0 amide bonds. The van der Waals surface area contributed by atoms with Crippen LogP contribution in [0.4, 0.5) is 4.79 Å². The number of carboxylic acid groups (broad SMARTS) is 1.